The van der Waals surface area contributed by atoms with E-state index in [0.29, 0.717) is 17.1 Å². The molecule has 1 aliphatic heterocycles. The maximum Gasteiger partial charge on any atom is 0.293 e. The van der Waals surface area contributed by atoms with Crippen molar-refractivity contribution in [2.45, 2.75) is 32.2 Å². The van der Waals surface area contributed by atoms with Crippen LogP contribution >= 0.6 is 0 Å². The average Bonchev–Trinajstić information content (AvgIpc) is 3.00. The highest BCUT2D eigenvalue weighted by atomic mass is 16.5. The second kappa shape index (κ2) is 7.62. The summed E-state index contributed by atoms with van der Waals surface area (Å²) in [6.07, 6.45) is 0. The van der Waals surface area contributed by atoms with Crippen LogP contribution in [0.2, 0.25) is 0 Å². The lowest BCUT2D eigenvalue weighted by Crippen LogP contribution is -2.21. The standard InChI is InChI=1S/C23H25NO5/c1-23(2,3)15-9-6-13(7-10-15)19-18(21(26)22(27)24-19)20(25)14-8-11-16(28-4)17(12-14)29-5/h6-12,19,25H,1-5H3,(H,24,27)/b20-18-. The fraction of sp³-hybridized carbons (Fsp3) is 0.304. The number of hydrogen-bond acceptors (Lipinski definition) is 5. The normalized spacial score (nSPS) is 18.4. The quantitative estimate of drug-likeness (QED) is 0.468. The Kier molecular flexibility index (Phi) is 5.38. The van der Waals surface area contributed by atoms with Gasteiger partial charge in [-0.15, -0.1) is 0 Å². The number of carbonyl (C=O) groups is 2. The molecule has 0 spiro atoms. The zero-order chi connectivity index (χ0) is 21.3. The molecule has 29 heavy (non-hydrogen) atoms. The zero-order valence-corrected chi connectivity index (χ0v) is 17.2. The van der Waals surface area contributed by atoms with Crippen LogP contribution in [0.15, 0.2) is 48.0 Å². The molecule has 0 bridgehead atoms. The summed E-state index contributed by atoms with van der Waals surface area (Å²) < 4.78 is 10.5. The van der Waals surface area contributed by atoms with Crippen LogP contribution in [0.25, 0.3) is 5.76 Å². The molecule has 1 atom stereocenters. The summed E-state index contributed by atoms with van der Waals surface area (Å²) in [4.78, 5) is 24.6. The summed E-state index contributed by atoms with van der Waals surface area (Å²) in [5.74, 6) is -0.846. The smallest absolute Gasteiger partial charge is 0.293 e. The van der Waals surface area contributed by atoms with Gasteiger partial charge in [-0.2, -0.15) is 0 Å². The molecule has 0 aromatic heterocycles. The van der Waals surface area contributed by atoms with Gasteiger partial charge in [-0.05, 0) is 34.7 Å². The van der Waals surface area contributed by atoms with Crippen molar-refractivity contribution in [1.82, 2.24) is 5.32 Å². The van der Waals surface area contributed by atoms with Crippen LogP contribution in [0.3, 0.4) is 0 Å². The minimum atomic E-state index is -0.748. The monoisotopic (exact) mass is 395 g/mol. The van der Waals surface area contributed by atoms with Gasteiger partial charge in [-0.3, -0.25) is 9.59 Å². The molecular formula is C23H25NO5. The lowest BCUT2D eigenvalue weighted by Gasteiger charge is -2.20. The van der Waals surface area contributed by atoms with E-state index in [9.17, 15) is 14.7 Å². The first-order valence-electron chi connectivity index (χ1n) is 9.28. The van der Waals surface area contributed by atoms with E-state index >= 15 is 0 Å². The maximum atomic E-state index is 12.5. The van der Waals surface area contributed by atoms with E-state index in [1.54, 1.807) is 18.2 Å². The Bertz CT molecular complexity index is 983. The van der Waals surface area contributed by atoms with Crippen molar-refractivity contribution in [2.75, 3.05) is 14.2 Å². The Morgan fingerprint density at radius 3 is 2.14 bits per heavy atom. The van der Waals surface area contributed by atoms with Gasteiger partial charge in [0.15, 0.2) is 11.5 Å². The highest BCUT2D eigenvalue weighted by molar-refractivity contribution is 6.46. The summed E-state index contributed by atoms with van der Waals surface area (Å²) in [6, 6.07) is 11.8. The largest absolute Gasteiger partial charge is 0.507 e. The molecule has 6 nitrogen and oxygen atoms in total. The molecule has 1 heterocycles. The molecule has 1 amide bonds. The molecule has 1 unspecified atom stereocenters. The van der Waals surface area contributed by atoms with E-state index < -0.39 is 17.7 Å². The Morgan fingerprint density at radius 2 is 1.59 bits per heavy atom. The molecule has 0 radical (unpaired) electrons. The molecule has 1 fully saturated rings. The second-order valence-electron chi connectivity index (χ2n) is 7.94. The third kappa shape index (κ3) is 3.83. The predicted molar refractivity (Wildman–Crippen MR) is 110 cm³/mol. The molecule has 2 N–H and O–H groups in total. The first kappa shape index (κ1) is 20.5. The zero-order valence-electron chi connectivity index (χ0n) is 17.2. The third-order valence-electron chi connectivity index (χ3n) is 5.04. The minimum Gasteiger partial charge on any atom is -0.507 e. The number of hydrogen-bond donors (Lipinski definition) is 2. The van der Waals surface area contributed by atoms with E-state index in [4.69, 9.17) is 9.47 Å². The molecule has 0 aliphatic carbocycles. The second-order valence-corrected chi connectivity index (χ2v) is 7.94. The number of rotatable bonds is 4. The van der Waals surface area contributed by atoms with Gasteiger partial charge in [0.1, 0.15) is 5.76 Å². The van der Waals surface area contributed by atoms with Gasteiger partial charge in [0.25, 0.3) is 11.7 Å². The Labute approximate surface area is 170 Å². The topological polar surface area (TPSA) is 84.9 Å². The number of carbonyl (C=O) groups excluding carboxylic acids is 2. The predicted octanol–water partition coefficient (Wildman–Crippen LogP) is 3.71. The molecule has 2 aromatic rings. The molecule has 3 rings (SSSR count). The van der Waals surface area contributed by atoms with E-state index in [0.717, 1.165) is 11.1 Å². The van der Waals surface area contributed by atoms with Crippen LogP contribution in [0, 0.1) is 0 Å². The summed E-state index contributed by atoms with van der Waals surface area (Å²) in [5, 5.41) is 13.5. The van der Waals surface area contributed by atoms with Crippen LogP contribution in [0.5, 0.6) is 11.5 Å². The fourth-order valence-electron chi connectivity index (χ4n) is 3.33. The number of Topliss-reactive ketones (excluding diaryl/α,β-unsaturated/α-hetero) is 1. The van der Waals surface area contributed by atoms with Crippen LogP contribution in [-0.4, -0.2) is 31.0 Å². The number of ether oxygens (including phenoxy) is 2. The number of ketones is 1. The van der Waals surface area contributed by atoms with Crippen LogP contribution < -0.4 is 14.8 Å². The van der Waals surface area contributed by atoms with Gasteiger partial charge >= 0.3 is 0 Å². The number of aliphatic hydroxyl groups excluding tert-OH is 1. The first-order valence-corrected chi connectivity index (χ1v) is 9.28. The molecule has 152 valence electrons. The van der Waals surface area contributed by atoms with Gasteiger partial charge in [0.05, 0.1) is 25.8 Å². The number of amides is 1. The molecule has 1 saturated heterocycles. The molecule has 0 saturated carbocycles. The van der Waals surface area contributed by atoms with Crippen molar-refractivity contribution in [1.29, 1.82) is 0 Å². The average molecular weight is 395 g/mol. The number of methoxy groups -OCH3 is 2. The van der Waals surface area contributed by atoms with Crippen molar-refractivity contribution < 1.29 is 24.2 Å². The SMILES string of the molecule is COc1ccc(/C(O)=C2/C(=O)C(=O)NC2c2ccc(C(C)(C)C)cc2)cc1OC. The van der Waals surface area contributed by atoms with E-state index in [1.807, 2.05) is 24.3 Å². The van der Waals surface area contributed by atoms with Crippen molar-refractivity contribution >= 4 is 17.4 Å². The van der Waals surface area contributed by atoms with Crippen molar-refractivity contribution in [2.24, 2.45) is 0 Å². The number of nitrogens with one attached hydrogen (secondary N) is 1. The van der Waals surface area contributed by atoms with E-state index in [1.165, 1.54) is 14.2 Å². The van der Waals surface area contributed by atoms with Crippen molar-refractivity contribution in [3.63, 3.8) is 0 Å². The highest BCUT2D eigenvalue weighted by Gasteiger charge is 2.39. The molecule has 2 aromatic carbocycles. The van der Waals surface area contributed by atoms with Gasteiger partial charge in [-0.1, -0.05) is 45.0 Å². The van der Waals surface area contributed by atoms with Crippen molar-refractivity contribution in [3.8, 4) is 11.5 Å². The minimum absolute atomic E-state index is 0.0192. The van der Waals surface area contributed by atoms with Gasteiger partial charge < -0.3 is 19.9 Å². The van der Waals surface area contributed by atoms with E-state index in [2.05, 4.69) is 26.1 Å². The summed E-state index contributed by atoms with van der Waals surface area (Å²) >= 11 is 0. The van der Waals surface area contributed by atoms with Gasteiger partial charge in [0, 0.05) is 5.56 Å². The van der Waals surface area contributed by atoms with E-state index in [-0.39, 0.29) is 16.7 Å². The summed E-state index contributed by atoms with van der Waals surface area (Å²) in [7, 11) is 2.99. The maximum absolute atomic E-state index is 12.5. The number of aliphatic hydroxyl groups is 1. The molecule has 1 aliphatic rings. The van der Waals surface area contributed by atoms with Gasteiger partial charge in [-0.25, -0.2) is 0 Å². The van der Waals surface area contributed by atoms with Crippen LogP contribution in [-0.2, 0) is 15.0 Å². The summed E-state index contributed by atoms with van der Waals surface area (Å²) in [6.45, 7) is 6.32. The third-order valence-corrected chi connectivity index (χ3v) is 5.04. The van der Waals surface area contributed by atoms with Crippen LogP contribution in [0.4, 0.5) is 0 Å². The highest BCUT2D eigenvalue weighted by Crippen LogP contribution is 2.36. The fourth-order valence-corrected chi connectivity index (χ4v) is 3.33. The Morgan fingerprint density at radius 1 is 0.966 bits per heavy atom. The Balaban J connectivity index is 2.07. The number of benzene rings is 2. The first-order chi connectivity index (χ1) is 13.7. The molecule has 6 heteroatoms. The molecular weight excluding hydrogens is 370 g/mol. The Hall–Kier alpha value is -3.28. The van der Waals surface area contributed by atoms with Crippen molar-refractivity contribution in [3.05, 3.63) is 64.7 Å². The lowest BCUT2D eigenvalue weighted by atomic mass is 9.85. The van der Waals surface area contributed by atoms with Gasteiger partial charge in [0.2, 0.25) is 0 Å². The lowest BCUT2D eigenvalue weighted by molar-refractivity contribution is -0.133. The van der Waals surface area contributed by atoms with Crippen LogP contribution in [0.1, 0.15) is 43.5 Å². The summed E-state index contributed by atoms with van der Waals surface area (Å²) in [5.41, 5.74) is 2.21.